The van der Waals surface area contributed by atoms with Crippen LogP contribution in [0.1, 0.15) is 86.1 Å². The summed E-state index contributed by atoms with van der Waals surface area (Å²) in [5, 5.41) is 2.63. The van der Waals surface area contributed by atoms with Crippen molar-refractivity contribution in [3.05, 3.63) is 142 Å². The zero-order valence-electron chi connectivity index (χ0n) is 32.9. The lowest BCUT2D eigenvalue weighted by Crippen LogP contribution is -2.29. The highest BCUT2D eigenvalue weighted by atomic mass is 32.1. The Bertz CT molecular complexity index is 2470. The Morgan fingerprint density at radius 1 is 0.556 bits per heavy atom. The molecule has 5 aromatic carbocycles. The van der Waals surface area contributed by atoms with Crippen molar-refractivity contribution in [3.8, 4) is 34.1 Å². The van der Waals surface area contributed by atoms with E-state index in [-0.39, 0.29) is 0 Å². The van der Waals surface area contributed by atoms with E-state index in [1.54, 1.807) is 0 Å². The van der Waals surface area contributed by atoms with Crippen LogP contribution < -0.4 is 0 Å². The third-order valence-electron chi connectivity index (χ3n) is 12.3. The molecule has 0 atom stereocenters. The minimum absolute atomic E-state index is 0.893. The monoisotopic (exact) mass is 752 g/mol. The largest absolute Gasteiger partial charge is 0.138 e. The van der Waals surface area contributed by atoms with Crippen molar-refractivity contribution in [1.82, 2.24) is 0 Å². The lowest BCUT2D eigenvalue weighted by atomic mass is 9.91. The molecular weight excluding hydrogens is 701 g/mol. The fourth-order valence-corrected chi connectivity index (χ4v) is 14.2. The van der Waals surface area contributed by atoms with Crippen LogP contribution in [0.5, 0.6) is 0 Å². The summed E-state index contributed by atoms with van der Waals surface area (Å²) >= 11 is 1.92. The predicted molar refractivity (Wildman–Crippen MR) is 246 cm³/mol. The van der Waals surface area contributed by atoms with Gasteiger partial charge in [0, 0.05) is 32.2 Å². The average Bonchev–Trinajstić information content (AvgIpc) is 3.80. The Labute approximate surface area is 330 Å². The van der Waals surface area contributed by atoms with E-state index in [2.05, 4.69) is 186 Å². The Kier molecular flexibility index (Phi) is 11.4. The fraction of sp³-hybridized carbons (Fsp3) is 0.255. The molecule has 0 saturated carbocycles. The topological polar surface area (TPSA) is 0 Å². The van der Waals surface area contributed by atoms with Gasteiger partial charge in [0.2, 0.25) is 0 Å². The SMILES string of the molecule is CC[Si](C#Cc1c2c(c(C#C[Si](CC)(CC)CC)c3c1sc1ccc(/C=C/c4ccccc4)cc13)Cc1ccc(/C=C/c3ccccc3)cc1-2)(CC)CC. The van der Waals surface area contributed by atoms with Crippen molar-refractivity contribution in [3.63, 3.8) is 0 Å². The smallest absolute Gasteiger partial charge is 0.134 e. The second-order valence-corrected chi connectivity index (χ2v) is 25.8. The van der Waals surface area contributed by atoms with E-state index in [0.29, 0.717) is 0 Å². The van der Waals surface area contributed by atoms with Crippen molar-refractivity contribution in [2.45, 2.75) is 84.2 Å². The molecule has 0 radical (unpaired) electrons. The van der Waals surface area contributed by atoms with Crippen LogP contribution in [0.3, 0.4) is 0 Å². The molecule has 0 fully saturated rings. The van der Waals surface area contributed by atoms with E-state index >= 15 is 0 Å². The summed E-state index contributed by atoms with van der Waals surface area (Å²) in [6.45, 7) is 14.2. The number of rotatable bonds is 10. The van der Waals surface area contributed by atoms with Crippen molar-refractivity contribution >= 4 is 72.0 Å². The number of hydrogen-bond acceptors (Lipinski definition) is 1. The minimum atomic E-state index is -1.73. The van der Waals surface area contributed by atoms with Gasteiger partial charge in [-0.15, -0.1) is 22.4 Å². The molecule has 0 amide bonds. The number of hydrogen-bond donors (Lipinski definition) is 0. The summed E-state index contributed by atoms with van der Waals surface area (Å²) in [5.74, 6) is 8.02. The molecule has 1 heterocycles. The highest BCUT2D eigenvalue weighted by Crippen LogP contribution is 2.49. The van der Waals surface area contributed by atoms with Crippen LogP contribution >= 0.6 is 11.3 Å². The molecule has 0 N–H and O–H groups in total. The van der Waals surface area contributed by atoms with Gasteiger partial charge in [-0.25, -0.2) is 0 Å². The highest BCUT2D eigenvalue weighted by Gasteiger charge is 2.31. The molecule has 0 bridgehead atoms. The molecule has 0 unspecified atom stereocenters. The molecular formula is C51H52SSi2. The first-order chi connectivity index (χ1) is 26.4. The number of fused-ring (bicyclic) bond motifs is 6. The van der Waals surface area contributed by atoms with E-state index in [1.807, 2.05) is 11.3 Å². The molecule has 1 aliphatic rings. The normalized spacial score (nSPS) is 12.6. The van der Waals surface area contributed by atoms with Crippen LogP contribution in [-0.4, -0.2) is 16.1 Å². The van der Waals surface area contributed by atoms with Gasteiger partial charge < -0.3 is 0 Å². The first-order valence-electron chi connectivity index (χ1n) is 20.1. The van der Waals surface area contributed by atoms with E-state index in [1.165, 1.54) is 112 Å². The standard InChI is InChI=1S/C51H52SSi2/c1-7-53(8-2,9-3)33-31-43-46-37-42-29-27-40(25-23-38-19-15-13-16-20-38)35-45(42)49(46)44(32-34-54(10-4,11-5)12-6)51-50(43)47-36-41(28-30-48(47)52-51)26-24-39-21-17-14-18-22-39/h13-30,35-36H,7-12,37H2,1-6H3/b25-23+,26-24+. The van der Waals surface area contributed by atoms with Crippen molar-refractivity contribution in [2.75, 3.05) is 0 Å². The van der Waals surface area contributed by atoms with Crippen LogP contribution in [0.15, 0.2) is 97.1 Å². The van der Waals surface area contributed by atoms with Gasteiger partial charge in [0.1, 0.15) is 16.1 Å². The first kappa shape index (κ1) is 37.7. The third kappa shape index (κ3) is 7.39. The first-order valence-corrected chi connectivity index (χ1v) is 26.2. The Morgan fingerprint density at radius 2 is 1.06 bits per heavy atom. The van der Waals surface area contributed by atoms with E-state index in [4.69, 9.17) is 0 Å². The summed E-state index contributed by atoms with van der Waals surface area (Å²) in [6.07, 6.45) is 9.85. The zero-order chi connectivity index (χ0) is 37.7. The summed E-state index contributed by atoms with van der Waals surface area (Å²) in [5.41, 5.74) is 20.9. The molecule has 0 aliphatic heterocycles. The minimum Gasteiger partial charge on any atom is -0.134 e. The molecule has 1 aromatic heterocycles. The van der Waals surface area contributed by atoms with E-state index in [0.717, 1.165) is 6.42 Å². The third-order valence-corrected chi connectivity index (χ3v) is 22.9. The second kappa shape index (κ2) is 16.4. The number of benzene rings is 5. The fourth-order valence-electron chi connectivity index (χ4n) is 8.12. The summed E-state index contributed by atoms with van der Waals surface area (Å²) < 4.78 is 2.62. The van der Waals surface area contributed by atoms with E-state index in [9.17, 15) is 0 Å². The average molecular weight is 753 g/mol. The van der Waals surface area contributed by atoms with Crippen molar-refractivity contribution < 1.29 is 0 Å². The maximum absolute atomic E-state index is 4.06. The molecule has 1 aliphatic carbocycles. The Hall–Kier alpha value is -4.65. The Morgan fingerprint density at radius 3 is 1.61 bits per heavy atom. The van der Waals surface area contributed by atoms with Crippen LogP contribution in [0.2, 0.25) is 36.3 Å². The summed E-state index contributed by atoms with van der Waals surface area (Å²) in [6, 6.07) is 42.4. The van der Waals surface area contributed by atoms with Crippen LogP contribution in [0, 0.1) is 22.9 Å². The predicted octanol–water partition coefficient (Wildman–Crippen LogP) is 14.8. The van der Waals surface area contributed by atoms with Crippen LogP contribution in [0.25, 0.3) is 55.6 Å². The van der Waals surface area contributed by atoms with Gasteiger partial charge in [-0.3, -0.25) is 0 Å². The van der Waals surface area contributed by atoms with Gasteiger partial charge in [0.25, 0.3) is 0 Å². The van der Waals surface area contributed by atoms with Crippen molar-refractivity contribution in [2.24, 2.45) is 0 Å². The van der Waals surface area contributed by atoms with Gasteiger partial charge in [-0.05, 0) is 99.8 Å². The van der Waals surface area contributed by atoms with Gasteiger partial charge in [0.15, 0.2) is 0 Å². The summed E-state index contributed by atoms with van der Waals surface area (Å²) in [4.78, 5) is 0. The molecule has 3 heteroatoms. The van der Waals surface area contributed by atoms with Gasteiger partial charge in [0.05, 0.1) is 4.70 Å². The quantitative estimate of drug-likeness (QED) is 0.0741. The van der Waals surface area contributed by atoms with Gasteiger partial charge in [-0.1, -0.05) is 157 Å². The van der Waals surface area contributed by atoms with Gasteiger partial charge in [-0.2, -0.15) is 0 Å². The molecule has 54 heavy (non-hydrogen) atoms. The zero-order valence-corrected chi connectivity index (χ0v) is 35.7. The van der Waals surface area contributed by atoms with Crippen molar-refractivity contribution in [1.29, 1.82) is 0 Å². The highest BCUT2D eigenvalue weighted by molar-refractivity contribution is 7.26. The molecule has 0 nitrogen and oxygen atoms in total. The lowest BCUT2D eigenvalue weighted by Gasteiger charge is -2.21. The van der Waals surface area contributed by atoms with Crippen LogP contribution in [0.4, 0.5) is 0 Å². The van der Waals surface area contributed by atoms with E-state index < -0.39 is 16.1 Å². The molecule has 6 aromatic rings. The van der Waals surface area contributed by atoms with Crippen LogP contribution in [-0.2, 0) is 6.42 Å². The molecule has 270 valence electrons. The number of thiophene rings is 1. The maximum atomic E-state index is 4.06. The maximum Gasteiger partial charge on any atom is 0.138 e. The van der Waals surface area contributed by atoms with Gasteiger partial charge >= 0.3 is 0 Å². The molecule has 7 rings (SSSR count). The molecule has 0 spiro atoms. The second-order valence-electron chi connectivity index (χ2n) is 14.9. The summed E-state index contributed by atoms with van der Waals surface area (Å²) in [7, 11) is -3.46. The Balaban J connectivity index is 1.53. The molecule has 0 saturated heterocycles. The lowest BCUT2D eigenvalue weighted by molar-refractivity contribution is 1.20.